The van der Waals surface area contributed by atoms with E-state index in [2.05, 4.69) is 10.3 Å². The average Bonchev–Trinajstić information content (AvgIpc) is 2.29. The minimum absolute atomic E-state index is 0.0175. The molecule has 1 unspecified atom stereocenters. The summed E-state index contributed by atoms with van der Waals surface area (Å²) in [6.45, 7) is 3.83. The number of aromatic carboxylic acids is 1. The average molecular weight is 238 g/mol. The number of carbonyl (C=O) groups is 2. The van der Waals surface area contributed by atoms with Gasteiger partial charge < -0.3 is 15.2 Å². The number of hydrogen-bond acceptors (Lipinski definition) is 4. The van der Waals surface area contributed by atoms with E-state index < -0.39 is 12.1 Å². The Hall–Kier alpha value is -2.11. The third kappa shape index (κ3) is 3.44. The summed E-state index contributed by atoms with van der Waals surface area (Å²) in [6.07, 6.45) is 1.86. The van der Waals surface area contributed by atoms with Crippen LogP contribution in [0.5, 0.6) is 5.75 Å². The first kappa shape index (κ1) is 13.0. The van der Waals surface area contributed by atoms with Crippen LogP contribution in [0.15, 0.2) is 18.5 Å². The van der Waals surface area contributed by atoms with Crippen molar-refractivity contribution in [3.8, 4) is 5.75 Å². The predicted octanol–water partition coefficient (Wildman–Crippen LogP) is 0.683. The molecule has 6 heteroatoms. The van der Waals surface area contributed by atoms with Crippen LogP contribution in [0.3, 0.4) is 0 Å². The number of carboxylic acids is 1. The smallest absolute Gasteiger partial charge is 0.339 e. The van der Waals surface area contributed by atoms with Crippen LogP contribution < -0.4 is 10.1 Å². The van der Waals surface area contributed by atoms with Crippen molar-refractivity contribution < 1.29 is 19.4 Å². The Morgan fingerprint density at radius 1 is 1.59 bits per heavy atom. The first-order chi connectivity index (χ1) is 8.06. The molecule has 0 bridgehead atoms. The Labute approximate surface area is 98.6 Å². The number of carbonyl (C=O) groups excluding carboxylic acids is 1. The lowest BCUT2D eigenvalue weighted by molar-refractivity contribution is -0.127. The number of carboxylic acid groups (broad SMARTS) is 1. The van der Waals surface area contributed by atoms with Gasteiger partial charge in [-0.2, -0.15) is 0 Å². The van der Waals surface area contributed by atoms with Crippen LogP contribution in [0.2, 0.25) is 0 Å². The number of aromatic nitrogens is 1. The number of amides is 1. The zero-order valence-electron chi connectivity index (χ0n) is 9.64. The van der Waals surface area contributed by atoms with Crippen LogP contribution in [0.25, 0.3) is 0 Å². The van der Waals surface area contributed by atoms with Gasteiger partial charge in [0, 0.05) is 12.7 Å². The number of pyridine rings is 1. The van der Waals surface area contributed by atoms with Crippen molar-refractivity contribution in [2.24, 2.45) is 0 Å². The zero-order valence-corrected chi connectivity index (χ0v) is 9.64. The van der Waals surface area contributed by atoms with E-state index in [1.807, 2.05) is 0 Å². The molecular formula is C11H14N2O4. The Kier molecular flexibility index (Phi) is 4.45. The maximum absolute atomic E-state index is 11.4. The van der Waals surface area contributed by atoms with E-state index in [1.54, 1.807) is 13.8 Å². The lowest BCUT2D eigenvalue weighted by atomic mass is 10.2. The van der Waals surface area contributed by atoms with Gasteiger partial charge in [-0.05, 0) is 19.9 Å². The van der Waals surface area contributed by atoms with Crippen molar-refractivity contribution >= 4 is 11.9 Å². The molecule has 0 spiro atoms. The minimum atomic E-state index is -1.12. The lowest BCUT2D eigenvalue weighted by Gasteiger charge is -2.14. The molecule has 0 saturated carbocycles. The zero-order chi connectivity index (χ0) is 12.8. The molecule has 0 radical (unpaired) electrons. The standard InChI is InChI=1S/C11H14N2O4/c1-3-13-10(14)7(2)17-9-6-12-5-4-8(9)11(15)16/h4-7H,3H2,1-2H3,(H,13,14)(H,15,16). The Balaban J connectivity index is 2.81. The molecule has 0 aliphatic heterocycles. The number of rotatable bonds is 5. The molecule has 0 fully saturated rings. The first-order valence-corrected chi connectivity index (χ1v) is 5.18. The van der Waals surface area contributed by atoms with Gasteiger partial charge in [0.05, 0.1) is 6.20 Å². The Morgan fingerprint density at radius 2 is 2.29 bits per heavy atom. The number of nitrogens with one attached hydrogen (secondary N) is 1. The highest BCUT2D eigenvalue weighted by Gasteiger charge is 2.18. The van der Waals surface area contributed by atoms with Crippen molar-refractivity contribution in [3.63, 3.8) is 0 Å². The molecule has 0 aromatic carbocycles. The van der Waals surface area contributed by atoms with Crippen molar-refractivity contribution in [2.75, 3.05) is 6.54 Å². The maximum Gasteiger partial charge on any atom is 0.339 e. The lowest BCUT2D eigenvalue weighted by Crippen LogP contribution is -2.36. The summed E-state index contributed by atoms with van der Waals surface area (Å²) in [6, 6.07) is 1.32. The van der Waals surface area contributed by atoms with E-state index in [-0.39, 0.29) is 17.2 Å². The molecule has 2 N–H and O–H groups in total. The van der Waals surface area contributed by atoms with Crippen molar-refractivity contribution in [1.29, 1.82) is 0 Å². The normalized spacial score (nSPS) is 11.6. The molecule has 92 valence electrons. The number of hydrogen-bond donors (Lipinski definition) is 2. The van der Waals surface area contributed by atoms with E-state index in [4.69, 9.17) is 9.84 Å². The van der Waals surface area contributed by atoms with Gasteiger partial charge in [-0.25, -0.2) is 4.79 Å². The van der Waals surface area contributed by atoms with E-state index in [1.165, 1.54) is 18.5 Å². The molecule has 1 atom stereocenters. The van der Waals surface area contributed by atoms with E-state index in [0.29, 0.717) is 6.54 Å². The molecule has 17 heavy (non-hydrogen) atoms. The van der Waals surface area contributed by atoms with Crippen LogP contribution in [0, 0.1) is 0 Å². The fourth-order valence-corrected chi connectivity index (χ4v) is 1.21. The molecule has 1 aromatic rings. The largest absolute Gasteiger partial charge is 0.478 e. The van der Waals surface area contributed by atoms with Gasteiger partial charge in [-0.1, -0.05) is 0 Å². The fourth-order valence-electron chi connectivity index (χ4n) is 1.21. The van der Waals surface area contributed by atoms with Gasteiger partial charge in [-0.3, -0.25) is 9.78 Å². The number of ether oxygens (including phenoxy) is 1. The van der Waals surface area contributed by atoms with E-state index in [9.17, 15) is 9.59 Å². The highest BCUT2D eigenvalue weighted by atomic mass is 16.5. The molecule has 6 nitrogen and oxygen atoms in total. The SMILES string of the molecule is CCNC(=O)C(C)Oc1cnccc1C(=O)O. The Bertz CT molecular complexity index is 420. The topological polar surface area (TPSA) is 88.5 Å². The van der Waals surface area contributed by atoms with Crippen LogP contribution in [-0.4, -0.2) is 34.6 Å². The first-order valence-electron chi connectivity index (χ1n) is 5.18. The molecule has 1 rings (SSSR count). The summed E-state index contributed by atoms with van der Waals surface area (Å²) in [5.74, 6) is -1.34. The summed E-state index contributed by atoms with van der Waals surface area (Å²) in [4.78, 5) is 26.1. The van der Waals surface area contributed by atoms with Crippen LogP contribution in [-0.2, 0) is 4.79 Å². The van der Waals surface area contributed by atoms with Crippen molar-refractivity contribution in [2.45, 2.75) is 20.0 Å². The van der Waals surface area contributed by atoms with Gasteiger partial charge in [0.1, 0.15) is 5.56 Å². The third-order valence-electron chi connectivity index (χ3n) is 2.04. The summed E-state index contributed by atoms with van der Waals surface area (Å²) in [7, 11) is 0. The second-order valence-electron chi connectivity index (χ2n) is 3.33. The number of nitrogens with zero attached hydrogens (tertiary/aromatic N) is 1. The van der Waals surface area contributed by atoms with Crippen molar-refractivity contribution in [1.82, 2.24) is 10.3 Å². The monoisotopic (exact) mass is 238 g/mol. The molecule has 0 saturated heterocycles. The summed E-state index contributed by atoms with van der Waals surface area (Å²) >= 11 is 0. The number of likely N-dealkylation sites (N-methyl/N-ethyl adjacent to an activating group) is 1. The maximum atomic E-state index is 11.4. The molecule has 1 heterocycles. The molecular weight excluding hydrogens is 224 g/mol. The second-order valence-corrected chi connectivity index (χ2v) is 3.33. The highest BCUT2D eigenvalue weighted by molar-refractivity contribution is 5.90. The van der Waals surface area contributed by atoms with Gasteiger partial charge in [-0.15, -0.1) is 0 Å². The summed E-state index contributed by atoms with van der Waals surface area (Å²) in [5, 5.41) is 11.5. The quantitative estimate of drug-likeness (QED) is 0.787. The fraction of sp³-hybridized carbons (Fsp3) is 0.364. The van der Waals surface area contributed by atoms with E-state index in [0.717, 1.165) is 0 Å². The van der Waals surface area contributed by atoms with Gasteiger partial charge in [0.15, 0.2) is 11.9 Å². The van der Waals surface area contributed by atoms with Gasteiger partial charge in [0.25, 0.3) is 5.91 Å². The molecule has 0 aliphatic carbocycles. The van der Waals surface area contributed by atoms with Crippen LogP contribution >= 0.6 is 0 Å². The molecule has 0 aliphatic rings. The third-order valence-corrected chi connectivity index (χ3v) is 2.04. The van der Waals surface area contributed by atoms with E-state index >= 15 is 0 Å². The summed E-state index contributed by atoms with van der Waals surface area (Å²) in [5.41, 5.74) is -0.0175. The Morgan fingerprint density at radius 3 is 2.88 bits per heavy atom. The molecule has 1 aromatic heterocycles. The van der Waals surface area contributed by atoms with Crippen LogP contribution in [0.4, 0.5) is 0 Å². The minimum Gasteiger partial charge on any atom is -0.478 e. The second kappa shape index (κ2) is 5.83. The summed E-state index contributed by atoms with van der Waals surface area (Å²) < 4.78 is 5.27. The van der Waals surface area contributed by atoms with Crippen LogP contribution in [0.1, 0.15) is 24.2 Å². The highest BCUT2D eigenvalue weighted by Crippen LogP contribution is 2.17. The van der Waals surface area contributed by atoms with Gasteiger partial charge >= 0.3 is 5.97 Å². The van der Waals surface area contributed by atoms with Crippen molar-refractivity contribution in [3.05, 3.63) is 24.0 Å². The predicted molar refractivity (Wildman–Crippen MR) is 60.0 cm³/mol. The van der Waals surface area contributed by atoms with Gasteiger partial charge in [0.2, 0.25) is 0 Å². The molecule has 1 amide bonds.